The number of thioether (sulfide) groups is 1. The molecule has 4 nitrogen and oxygen atoms in total. The predicted molar refractivity (Wildman–Crippen MR) is 85.8 cm³/mol. The molecule has 1 aromatic rings. The van der Waals surface area contributed by atoms with Crippen LogP contribution in [-0.2, 0) is 9.59 Å². The molecular formula is C15H20ClNO3S. The van der Waals surface area contributed by atoms with Crippen molar-refractivity contribution in [3.8, 4) is 0 Å². The van der Waals surface area contributed by atoms with Gasteiger partial charge >= 0.3 is 5.97 Å². The second-order valence-electron chi connectivity index (χ2n) is 5.83. The molecule has 116 valence electrons. The second kappa shape index (κ2) is 7.71. The minimum atomic E-state index is -0.916. The highest BCUT2D eigenvalue weighted by Crippen LogP contribution is 2.23. The molecule has 0 aliphatic rings. The van der Waals surface area contributed by atoms with E-state index >= 15 is 0 Å². The van der Waals surface area contributed by atoms with Gasteiger partial charge < -0.3 is 10.4 Å². The van der Waals surface area contributed by atoms with E-state index in [1.807, 2.05) is 32.9 Å². The Hall–Kier alpha value is -1.20. The molecule has 0 aromatic heterocycles. The van der Waals surface area contributed by atoms with Gasteiger partial charge in [0.1, 0.15) is 0 Å². The van der Waals surface area contributed by atoms with Gasteiger partial charge in [0.25, 0.3) is 0 Å². The molecule has 0 saturated heterocycles. The van der Waals surface area contributed by atoms with Gasteiger partial charge in [-0.15, -0.1) is 11.8 Å². The van der Waals surface area contributed by atoms with E-state index in [1.165, 1.54) is 11.8 Å². The number of nitrogens with one attached hydrogen (secondary N) is 1. The Morgan fingerprint density at radius 3 is 2.33 bits per heavy atom. The summed E-state index contributed by atoms with van der Waals surface area (Å²) in [6.07, 6.45) is -0.0825. The molecule has 1 unspecified atom stereocenters. The van der Waals surface area contributed by atoms with E-state index in [2.05, 4.69) is 5.32 Å². The Morgan fingerprint density at radius 2 is 1.86 bits per heavy atom. The van der Waals surface area contributed by atoms with E-state index in [1.54, 1.807) is 12.1 Å². The number of carbonyl (C=O) groups is 2. The van der Waals surface area contributed by atoms with Crippen molar-refractivity contribution in [3.05, 3.63) is 29.3 Å². The third-order valence-electron chi connectivity index (χ3n) is 2.94. The SMILES string of the molecule is CC(C)(C)C(CC(=O)O)NC(=O)CSc1ccc(Cl)cc1. The average molecular weight is 330 g/mol. The highest BCUT2D eigenvalue weighted by Gasteiger charge is 2.28. The minimum Gasteiger partial charge on any atom is -0.481 e. The molecule has 0 aliphatic carbocycles. The first-order chi connectivity index (χ1) is 9.68. The maximum absolute atomic E-state index is 12.0. The number of hydrogen-bond donors (Lipinski definition) is 2. The average Bonchev–Trinajstić information content (AvgIpc) is 2.36. The van der Waals surface area contributed by atoms with Crippen molar-refractivity contribution >= 4 is 35.2 Å². The van der Waals surface area contributed by atoms with Crippen molar-refractivity contribution in [3.63, 3.8) is 0 Å². The first kappa shape index (κ1) is 17.9. The topological polar surface area (TPSA) is 66.4 Å². The number of carbonyl (C=O) groups excluding carboxylic acids is 1. The number of benzene rings is 1. The summed E-state index contributed by atoms with van der Waals surface area (Å²) in [4.78, 5) is 23.8. The van der Waals surface area contributed by atoms with Gasteiger partial charge in [-0.2, -0.15) is 0 Å². The molecule has 0 heterocycles. The fraction of sp³-hybridized carbons (Fsp3) is 0.467. The Labute approximate surface area is 134 Å². The van der Waals surface area contributed by atoms with Gasteiger partial charge in [-0.3, -0.25) is 9.59 Å². The lowest BCUT2D eigenvalue weighted by Gasteiger charge is -2.30. The summed E-state index contributed by atoms with van der Waals surface area (Å²) < 4.78 is 0. The van der Waals surface area contributed by atoms with Gasteiger partial charge in [0, 0.05) is 16.0 Å². The highest BCUT2D eigenvalue weighted by atomic mass is 35.5. The van der Waals surface area contributed by atoms with Crippen LogP contribution in [0.5, 0.6) is 0 Å². The Bertz CT molecular complexity index is 497. The molecule has 0 bridgehead atoms. The number of amides is 1. The van der Waals surface area contributed by atoms with E-state index in [9.17, 15) is 9.59 Å². The van der Waals surface area contributed by atoms with Crippen molar-refractivity contribution < 1.29 is 14.7 Å². The molecule has 21 heavy (non-hydrogen) atoms. The zero-order chi connectivity index (χ0) is 16.0. The largest absolute Gasteiger partial charge is 0.481 e. The summed E-state index contributed by atoms with van der Waals surface area (Å²) in [7, 11) is 0. The molecule has 1 aromatic carbocycles. The van der Waals surface area contributed by atoms with Crippen molar-refractivity contribution in [2.24, 2.45) is 5.41 Å². The summed E-state index contributed by atoms with van der Waals surface area (Å²) in [5.41, 5.74) is -0.307. The maximum atomic E-state index is 12.0. The van der Waals surface area contributed by atoms with E-state index < -0.39 is 12.0 Å². The van der Waals surface area contributed by atoms with Gasteiger partial charge in [0.15, 0.2) is 0 Å². The molecular weight excluding hydrogens is 310 g/mol. The van der Waals surface area contributed by atoms with Gasteiger partial charge in [-0.25, -0.2) is 0 Å². The molecule has 6 heteroatoms. The summed E-state index contributed by atoms with van der Waals surface area (Å²) in [5, 5.41) is 12.4. The van der Waals surface area contributed by atoms with Gasteiger partial charge in [-0.1, -0.05) is 32.4 Å². The first-order valence-electron chi connectivity index (χ1n) is 6.58. The quantitative estimate of drug-likeness (QED) is 0.785. The van der Waals surface area contributed by atoms with E-state index in [4.69, 9.17) is 16.7 Å². The lowest BCUT2D eigenvalue weighted by molar-refractivity contribution is -0.138. The molecule has 0 radical (unpaired) electrons. The third kappa shape index (κ3) is 6.87. The molecule has 2 N–H and O–H groups in total. The van der Waals surface area contributed by atoms with E-state index in [0.29, 0.717) is 5.02 Å². The molecule has 1 amide bonds. The Balaban J connectivity index is 2.54. The number of carboxylic acid groups (broad SMARTS) is 1. The van der Waals surface area contributed by atoms with Crippen LogP contribution in [0.2, 0.25) is 5.02 Å². The van der Waals surface area contributed by atoms with Gasteiger partial charge in [0.05, 0.1) is 12.2 Å². The van der Waals surface area contributed by atoms with Crippen LogP contribution in [0.1, 0.15) is 27.2 Å². The summed E-state index contributed by atoms with van der Waals surface area (Å²) in [5.74, 6) is -0.843. The van der Waals surface area contributed by atoms with E-state index in [0.717, 1.165) is 4.90 Å². The van der Waals surface area contributed by atoms with Crippen LogP contribution < -0.4 is 5.32 Å². The lowest BCUT2D eigenvalue weighted by atomic mass is 9.85. The Kier molecular flexibility index (Phi) is 6.55. The van der Waals surface area contributed by atoms with Gasteiger partial charge in [0.2, 0.25) is 5.91 Å². The van der Waals surface area contributed by atoms with Crippen LogP contribution in [-0.4, -0.2) is 28.8 Å². The molecule has 0 fully saturated rings. The number of halogens is 1. The summed E-state index contributed by atoms with van der Waals surface area (Å²) in [6, 6.07) is 6.83. The summed E-state index contributed by atoms with van der Waals surface area (Å²) >= 11 is 7.19. The highest BCUT2D eigenvalue weighted by molar-refractivity contribution is 8.00. The third-order valence-corrected chi connectivity index (χ3v) is 4.21. The molecule has 0 aliphatic heterocycles. The van der Waals surface area contributed by atoms with Crippen LogP contribution in [0, 0.1) is 5.41 Å². The van der Waals surface area contributed by atoms with Crippen LogP contribution in [0.15, 0.2) is 29.2 Å². The zero-order valence-electron chi connectivity index (χ0n) is 12.4. The lowest BCUT2D eigenvalue weighted by Crippen LogP contribution is -2.45. The van der Waals surface area contributed by atoms with Crippen LogP contribution in [0.3, 0.4) is 0 Å². The number of aliphatic carboxylic acids is 1. The van der Waals surface area contributed by atoms with Crippen LogP contribution in [0.4, 0.5) is 0 Å². The summed E-state index contributed by atoms with van der Waals surface area (Å²) in [6.45, 7) is 5.73. The van der Waals surface area contributed by atoms with Crippen molar-refractivity contribution in [1.29, 1.82) is 0 Å². The number of carboxylic acids is 1. The normalized spacial score (nSPS) is 12.8. The smallest absolute Gasteiger partial charge is 0.305 e. The van der Waals surface area contributed by atoms with Crippen LogP contribution in [0.25, 0.3) is 0 Å². The standard InChI is InChI=1S/C15H20ClNO3S/c1-15(2,3)12(8-14(19)20)17-13(18)9-21-11-6-4-10(16)5-7-11/h4-7,12H,8-9H2,1-3H3,(H,17,18)(H,19,20). The molecule has 1 rings (SSSR count). The molecule has 0 spiro atoms. The number of rotatable bonds is 6. The molecule has 1 atom stereocenters. The second-order valence-corrected chi connectivity index (χ2v) is 7.31. The number of hydrogen-bond acceptors (Lipinski definition) is 3. The van der Waals surface area contributed by atoms with Crippen molar-refractivity contribution in [2.45, 2.75) is 38.1 Å². The fourth-order valence-corrected chi connectivity index (χ4v) is 2.50. The Morgan fingerprint density at radius 1 is 1.29 bits per heavy atom. The van der Waals surface area contributed by atoms with E-state index in [-0.39, 0.29) is 23.5 Å². The van der Waals surface area contributed by atoms with Crippen molar-refractivity contribution in [2.75, 3.05) is 5.75 Å². The molecule has 0 saturated carbocycles. The van der Waals surface area contributed by atoms with Gasteiger partial charge in [-0.05, 0) is 29.7 Å². The minimum absolute atomic E-state index is 0.0825. The zero-order valence-corrected chi connectivity index (χ0v) is 13.9. The van der Waals surface area contributed by atoms with Crippen LogP contribution >= 0.6 is 23.4 Å². The fourth-order valence-electron chi connectivity index (χ4n) is 1.66. The monoisotopic (exact) mass is 329 g/mol. The first-order valence-corrected chi connectivity index (χ1v) is 7.94. The maximum Gasteiger partial charge on any atom is 0.305 e. The van der Waals surface area contributed by atoms with Crippen molar-refractivity contribution in [1.82, 2.24) is 5.32 Å². The predicted octanol–water partition coefficient (Wildman–Crippen LogP) is 3.44.